The number of carbonyl (C=O) groups is 1. The lowest BCUT2D eigenvalue weighted by molar-refractivity contribution is 0.0697. The van der Waals surface area contributed by atoms with E-state index in [9.17, 15) is 19.8 Å². The van der Waals surface area contributed by atoms with E-state index in [-0.39, 0.29) is 16.7 Å². The summed E-state index contributed by atoms with van der Waals surface area (Å²) >= 11 is 5.46. The molecule has 2 aromatic rings. The Morgan fingerprint density at radius 3 is 2.24 bits per heavy atom. The van der Waals surface area contributed by atoms with Crippen molar-refractivity contribution < 1.29 is 19.4 Å². The third-order valence-electron chi connectivity index (χ3n) is 7.27. The zero-order valence-corrected chi connectivity index (χ0v) is 24.3. The molecule has 0 unspecified atom stereocenters. The Bertz CT molecular complexity index is 1530. The van der Waals surface area contributed by atoms with Crippen LogP contribution in [0.15, 0.2) is 63.8 Å². The zero-order chi connectivity index (χ0) is 29.2. The number of nitrogens with one attached hydrogen (secondary N) is 2. The first-order chi connectivity index (χ1) is 19.9. The Kier molecular flexibility index (Phi) is 10.7. The highest BCUT2D eigenvalue weighted by Crippen LogP contribution is 2.42. The Labute approximate surface area is 245 Å². The summed E-state index contributed by atoms with van der Waals surface area (Å²) in [6, 6.07) is 14.1. The van der Waals surface area contributed by atoms with Gasteiger partial charge in [0.05, 0.1) is 5.56 Å². The van der Waals surface area contributed by atoms with Gasteiger partial charge in [-0.3, -0.25) is 4.79 Å². The Balaban J connectivity index is 1.43. The van der Waals surface area contributed by atoms with Crippen LogP contribution in [0, 0.1) is 0 Å². The fourth-order valence-electron chi connectivity index (χ4n) is 5.16. The van der Waals surface area contributed by atoms with Crippen molar-refractivity contribution in [1.29, 1.82) is 0 Å². The van der Waals surface area contributed by atoms with Crippen LogP contribution in [0.25, 0.3) is 33.4 Å². The number of hydrogen-bond donors (Lipinski definition) is 4. The van der Waals surface area contributed by atoms with Crippen molar-refractivity contribution in [3.8, 4) is 28.2 Å². The minimum absolute atomic E-state index is 0.00153. The molecule has 216 valence electrons. The smallest absolute Gasteiger partial charge is 0.336 e. The number of rotatable bonds is 14. The molecule has 1 heterocycles. The molecule has 0 amide bonds. The zero-order valence-electron chi connectivity index (χ0n) is 23.5. The third-order valence-corrected chi connectivity index (χ3v) is 7.52. The van der Waals surface area contributed by atoms with Crippen molar-refractivity contribution in [1.82, 2.24) is 5.32 Å². The normalized spacial score (nSPS) is 11.1. The number of anilines is 1. The summed E-state index contributed by atoms with van der Waals surface area (Å²) in [7, 11) is 0. The van der Waals surface area contributed by atoms with Crippen molar-refractivity contribution in [2.24, 2.45) is 0 Å². The van der Waals surface area contributed by atoms with Crippen LogP contribution >= 0.6 is 12.2 Å². The molecule has 0 aromatic heterocycles. The fraction of sp³-hybridized carbons (Fsp3) is 0.364. The highest BCUT2D eigenvalue weighted by molar-refractivity contribution is 7.80. The lowest BCUT2D eigenvalue weighted by Crippen LogP contribution is -2.29. The van der Waals surface area contributed by atoms with Crippen LogP contribution in [0.5, 0.6) is 5.75 Å². The van der Waals surface area contributed by atoms with E-state index in [0.717, 1.165) is 19.4 Å². The first-order valence-corrected chi connectivity index (χ1v) is 14.9. The van der Waals surface area contributed by atoms with Gasteiger partial charge in [-0.2, -0.15) is 0 Å². The van der Waals surface area contributed by atoms with E-state index < -0.39 is 5.97 Å². The maximum Gasteiger partial charge on any atom is 0.336 e. The average Bonchev–Trinajstić information content (AvgIpc) is 2.94. The summed E-state index contributed by atoms with van der Waals surface area (Å²) in [5, 5.41) is 27.5. The molecule has 0 saturated carbocycles. The third kappa shape index (κ3) is 8.07. The van der Waals surface area contributed by atoms with Crippen LogP contribution in [-0.4, -0.2) is 27.8 Å². The quantitative estimate of drug-likeness (QED) is 0.0678. The average molecular weight is 575 g/mol. The lowest BCUT2D eigenvalue weighted by Gasteiger charge is -2.18. The van der Waals surface area contributed by atoms with Gasteiger partial charge in [0.2, 0.25) is 0 Å². The summed E-state index contributed by atoms with van der Waals surface area (Å²) in [6.45, 7) is 3.00. The van der Waals surface area contributed by atoms with Crippen LogP contribution in [-0.2, 0) is 0 Å². The van der Waals surface area contributed by atoms with E-state index in [2.05, 4.69) is 17.6 Å². The van der Waals surface area contributed by atoms with Gasteiger partial charge in [-0.1, -0.05) is 70.8 Å². The second-order valence-corrected chi connectivity index (χ2v) is 10.9. The molecule has 41 heavy (non-hydrogen) atoms. The molecule has 0 spiro atoms. The Morgan fingerprint density at radius 1 is 0.854 bits per heavy atom. The number of fused-ring (bicyclic) bond motifs is 2. The number of unbranched alkanes of at least 4 members (excludes halogenated alkanes) is 9. The number of phenols is 1. The molecule has 2 aliphatic rings. The number of thiocarbonyl (C=S) groups is 1. The molecule has 0 saturated heterocycles. The largest absolute Gasteiger partial charge is 0.508 e. The standard InChI is InChI=1S/C33H38N2O5S/c1-2-3-4-5-6-7-8-9-10-11-18-34-33(41)35-22-12-15-25(28(19-22)32(38)39)31-26-16-13-23(36)20-29(26)40-30-21-24(37)14-17-27(30)31/h12-17,19-21,36H,2-11,18H2,1H3,(H,38,39)(H2,34,35,41). The molecule has 4 rings (SSSR count). The van der Waals surface area contributed by atoms with E-state index in [1.807, 2.05) is 0 Å². The van der Waals surface area contributed by atoms with Gasteiger partial charge >= 0.3 is 5.97 Å². The van der Waals surface area contributed by atoms with Gasteiger partial charge in [-0.15, -0.1) is 0 Å². The maximum absolute atomic E-state index is 12.4. The van der Waals surface area contributed by atoms with E-state index in [0.29, 0.717) is 44.2 Å². The summed E-state index contributed by atoms with van der Waals surface area (Å²) < 4.78 is 5.89. The van der Waals surface area contributed by atoms with Crippen molar-refractivity contribution in [2.45, 2.75) is 71.1 Å². The molecule has 0 atom stereocenters. The highest BCUT2D eigenvalue weighted by atomic mass is 32.1. The summed E-state index contributed by atoms with van der Waals surface area (Å²) in [6.07, 6.45) is 12.7. The molecule has 7 nitrogen and oxygen atoms in total. The second kappa shape index (κ2) is 14.6. The SMILES string of the molecule is CCCCCCCCCCCCNC(=S)Nc1ccc(-c2c3ccc(=O)cc-3oc3cc(O)ccc23)c(C(=O)O)c1. The highest BCUT2D eigenvalue weighted by Gasteiger charge is 2.22. The van der Waals surface area contributed by atoms with Crippen molar-refractivity contribution in [2.75, 3.05) is 11.9 Å². The molecule has 1 aliphatic carbocycles. The van der Waals surface area contributed by atoms with Crippen molar-refractivity contribution in [3.05, 3.63) is 70.4 Å². The Hall–Kier alpha value is -3.91. The first kappa shape index (κ1) is 30.1. The van der Waals surface area contributed by atoms with Crippen LogP contribution in [0.2, 0.25) is 0 Å². The molecule has 2 aromatic carbocycles. The monoisotopic (exact) mass is 574 g/mol. The minimum atomic E-state index is -1.10. The number of benzene rings is 3. The van der Waals surface area contributed by atoms with Crippen molar-refractivity contribution >= 4 is 40.0 Å². The summed E-state index contributed by atoms with van der Waals surface area (Å²) in [5.74, 6) is -0.794. The van der Waals surface area contributed by atoms with Gasteiger partial charge in [-0.05, 0) is 60.6 Å². The number of hydrogen-bond acceptors (Lipinski definition) is 5. The number of aromatic hydroxyl groups is 1. The first-order valence-electron chi connectivity index (χ1n) is 14.5. The van der Waals surface area contributed by atoms with Gasteiger partial charge in [0, 0.05) is 40.9 Å². The number of carboxylic acid groups (broad SMARTS) is 1. The topological polar surface area (TPSA) is 112 Å². The lowest BCUT2D eigenvalue weighted by atomic mass is 9.90. The summed E-state index contributed by atoms with van der Waals surface area (Å²) in [5.41, 5.74) is 2.40. The van der Waals surface area contributed by atoms with E-state index in [4.69, 9.17) is 16.6 Å². The van der Waals surface area contributed by atoms with Gasteiger partial charge in [0.1, 0.15) is 17.1 Å². The Morgan fingerprint density at radius 2 is 1.54 bits per heavy atom. The number of carboxylic acids is 1. The predicted molar refractivity (Wildman–Crippen MR) is 169 cm³/mol. The van der Waals surface area contributed by atoms with Crippen LogP contribution in [0.3, 0.4) is 0 Å². The molecule has 1 aliphatic heterocycles. The second-order valence-electron chi connectivity index (χ2n) is 10.4. The molecule has 8 heteroatoms. The number of aromatic carboxylic acids is 1. The predicted octanol–water partition coefficient (Wildman–Crippen LogP) is 8.18. The molecule has 0 radical (unpaired) electrons. The molecule has 0 fully saturated rings. The summed E-state index contributed by atoms with van der Waals surface area (Å²) in [4.78, 5) is 24.4. The minimum Gasteiger partial charge on any atom is -0.508 e. The van der Waals surface area contributed by atoms with Gasteiger partial charge in [0.25, 0.3) is 0 Å². The van der Waals surface area contributed by atoms with Gasteiger partial charge < -0.3 is 25.3 Å². The molecule has 0 bridgehead atoms. The van der Waals surface area contributed by atoms with Crippen LogP contribution in [0.4, 0.5) is 5.69 Å². The van der Waals surface area contributed by atoms with Crippen LogP contribution in [0.1, 0.15) is 81.5 Å². The van der Waals surface area contributed by atoms with Crippen LogP contribution < -0.4 is 16.1 Å². The molecule has 4 N–H and O–H groups in total. The molecular formula is C33H38N2O5S. The maximum atomic E-state index is 12.4. The van der Waals surface area contributed by atoms with E-state index in [1.165, 1.54) is 75.6 Å². The van der Waals surface area contributed by atoms with Crippen molar-refractivity contribution in [3.63, 3.8) is 0 Å². The van der Waals surface area contributed by atoms with E-state index >= 15 is 0 Å². The van der Waals surface area contributed by atoms with Gasteiger partial charge in [-0.25, -0.2) is 4.79 Å². The van der Waals surface area contributed by atoms with E-state index in [1.54, 1.807) is 30.3 Å². The number of phenolic OH excluding ortho intramolecular Hbond substituents is 1. The van der Waals surface area contributed by atoms with Gasteiger partial charge in [0.15, 0.2) is 10.5 Å². The fourth-order valence-corrected chi connectivity index (χ4v) is 5.38. The molecular weight excluding hydrogens is 536 g/mol.